The third-order valence-corrected chi connectivity index (χ3v) is 8.43. The van der Waals surface area contributed by atoms with Gasteiger partial charge in [-0.15, -0.1) is 0 Å². The van der Waals surface area contributed by atoms with Crippen LogP contribution in [0.15, 0.2) is 45.1 Å². The van der Waals surface area contributed by atoms with Crippen LogP contribution in [0.4, 0.5) is 5.95 Å². The molecule has 15 heteroatoms. The number of H-pyrrole nitrogens is 2. The number of aromatic nitrogens is 6. The molecule has 0 unspecified atom stereocenters. The van der Waals surface area contributed by atoms with Gasteiger partial charge in [-0.3, -0.25) is 4.98 Å². The maximum absolute atomic E-state index is 12.8. The van der Waals surface area contributed by atoms with E-state index in [1.807, 2.05) is 6.07 Å². The van der Waals surface area contributed by atoms with E-state index in [-0.39, 0.29) is 40.2 Å². The van der Waals surface area contributed by atoms with E-state index in [0.717, 1.165) is 12.8 Å². The van der Waals surface area contributed by atoms with E-state index in [1.54, 1.807) is 24.4 Å². The van der Waals surface area contributed by atoms with Crippen molar-refractivity contribution in [2.45, 2.75) is 61.5 Å². The third kappa shape index (κ3) is 5.44. The monoisotopic (exact) mass is 562 g/mol. The lowest BCUT2D eigenvalue weighted by Gasteiger charge is -2.29. The molecule has 2 saturated carbocycles. The number of anilines is 1. The molecule has 206 valence electrons. The molecule has 3 heterocycles. The molecule has 1 aromatic carbocycles. The van der Waals surface area contributed by atoms with Crippen molar-refractivity contribution < 1.29 is 13.5 Å². The van der Waals surface area contributed by atoms with Crippen LogP contribution >= 0.6 is 0 Å². The van der Waals surface area contributed by atoms with Crippen LogP contribution in [0.2, 0.25) is 0 Å². The second-order valence-electron chi connectivity index (χ2n) is 9.98. The number of nitrogens with one attached hydrogen (secondary N) is 4. The highest BCUT2D eigenvalue weighted by molar-refractivity contribution is 7.89. The number of imidazole rings is 1. The van der Waals surface area contributed by atoms with Gasteiger partial charge in [-0.25, -0.2) is 22.9 Å². The van der Waals surface area contributed by atoms with Gasteiger partial charge in [-0.1, -0.05) is 6.07 Å². The van der Waals surface area contributed by atoms with Crippen molar-refractivity contribution in [3.8, 4) is 11.9 Å². The Morgan fingerprint density at radius 2 is 1.90 bits per heavy atom. The molecule has 6 rings (SSSR count). The molecule has 2 fully saturated rings. The molecule has 2 aliphatic rings. The number of fused-ring (bicyclic) bond motifs is 1. The van der Waals surface area contributed by atoms with Gasteiger partial charge in [0.05, 0.1) is 28.8 Å². The van der Waals surface area contributed by atoms with Gasteiger partial charge in [0, 0.05) is 17.3 Å². The lowest BCUT2D eigenvalue weighted by Crippen LogP contribution is -2.40. The Labute approximate surface area is 227 Å². The van der Waals surface area contributed by atoms with Crippen LogP contribution in [0.5, 0.6) is 5.88 Å². The fourth-order valence-corrected chi connectivity index (χ4v) is 6.05. The number of benzene rings is 1. The Kier molecular flexibility index (Phi) is 6.56. The van der Waals surface area contributed by atoms with Gasteiger partial charge in [0.15, 0.2) is 5.65 Å². The highest BCUT2D eigenvalue weighted by atomic mass is 32.2. The quantitative estimate of drug-likeness (QED) is 0.206. The van der Waals surface area contributed by atoms with Gasteiger partial charge in [-0.05, 0) is 62.8 Å². The minimum absolute atomic E-state index is 0.0133. The van der Waals surface area contributed by atoms with Gasteiger partial charge in [0.25, 0.3) is 5.62 Å². The SMILES string of the molecule is N#Cc1cccc(S(=O)(=O)NC2CCC(Nc3nc(=NC4CC4)n4nc/c(=C/c5[nH]c(=O)[nH]c5O)c4n3)CC2)c1. The second kappa shape index (κ2) is 10.2. The Balaban J connectivity index is 1.21. The zero-order valence-electron chi connectivity index (χ0n) is 21.2. The van der Waals surface area contributed by atoms with Crippen LogP contribution in [0.3, 0.4) is 0 Å². The fraction of sp³-hybridized carbons (Fsp3) is 0.360. The largest absolute Gasteiger partial charge is 0.493 e. The molecule has 0 aliphatic heterocycles. The summed E-state index contributed by atoms with van der Waals surface area (Å²) in [7, 11) is -3.74. The molecule has 5 N–H and O–H groups in total. The number of sulfonamides is 1. The van der Waals surface area contributed by atoms with E-state index >= 15 is 0 Å². The number of nitrogens with zero attached hydrogens (tertiary/aromatic N) is 6. The van der Waals surface area contributed by atoms with Crippen LogP contribution in [0.25, 0.3) is 11.7 Å². The van der Waals surface area contributed by atoms with Crippen LogP contribution < -0.4 is 26.6 Å². The Bertz CT molecular complexity index is 1910. The number of nitriles is 1. The Morgan fingerprint density at radius 1 is 1.12 bits per heavy atom. The molecule has 0 atom stereocenters. The highest BCUT2D eigenvalue weighted by Crippen LogP contribution is 2.24. The average molecular weight is 563 g/mol. The summed E-state index contributed by atoms with van der Waals surface area (Å²) in [5, 5.41) is 27.4. The zero-order valence-corrected chi connectivity index (χ0v) is 22.0. The number of hydrogen-bond donors (Lipinski definition) is 5. The second-order valence-corrected chi connectivity index (χ2v) is 11.7. The van der Waals surface area contributed by atoms with E-state index < -0.39 is 15.7 Å². The first kappa shape index (κ1) is 25.7. The maximum atomic E-state index is 12.8. The van der Waals surface area contributed by atoms with Crippen molar-refractivity contribution in [3.63, 3.8) is 0 Å². The maximum Gasteiger partial charge on any atom is 0.326 e. The van der Waals surface area contributed by atoms with E-state index in [4.69, 9.17) is 5.26 Å². The van der Waals surface area contributed by atoms with Crippen LogP contribution in [0, 0.1) is 11.3 Å². The minimum atomic E-state index is -3.74. The summed E-state index contributed by atoms with van der Waals surface area (Å²) in [4.78, 5) is 30.3. The van der Waals surface area contributed by atoms with E-state index in [9.17, 15) is 18.3 Å². The van der Waals surface area contributed by atoms with Crippen molar-refractivity contribution in [2.24, 2.45) is 4.99 Å². The van der Waals surface area contributed by atoms with Crippen LogP contribution in [-0.2, 0) is 10.0 Å². The molecule has 0 spiro atoms. The number of hydrogen-bond acceptors (Lipinski definition) is 10. The number of aromatic hydroxyl groups is 1. The van der Waals surface area contributed by atoms with Gasteiger partial charge >= 0.3 is 5.69 Å². The summed E-state index contributed by atoms with van der Waals surface area (Å²) in [6.45, 7) is 0. The van der Waals surface area contributed by atoms with Crippen LogP contribution in [0.1, 0.15) is 49.8 Å². The minimum Gasteiger partial charge on any atom is -0.493 e. The van der Waals surface area contributed by atoms with Crippen molar-refractivity contribution in [2.75, 3.05) is 5.32 Å². The summed E-state index contributed by atoms with van der Waals surface area (Å²) in [5.41, 5.74) is 0.823. The molecular formula is C25H26N10O4S. The number of rotatable bonds is 7. The van der Waals surface area contributed by atoms with Crippen molar-refractivity contribution in [3.05, 3.63) is 63.0 Å². The molecule has 0 amide bonds. The Hall–Kier alpha value is -4.55. The van der Waals surface area contributed by atoms with E-state index in [2.05, 4.69) is 40.1 Å². The molecule has 0 radical (unpaired) electrons. The summed E-state index contributed by atoms with van der Waals surface area (Å²) in [6, 6.07) is 7.89. The summed E-state index contributed by atoms with van der Waals surface area (Å²) in [5.74, 6) is 0.0796. The highest BCUT2D eigenvalue weighted by Gasteiger charge is 2.27. The van der Waals surface area contributed by atoms with Crippen molar-refractivity contribution in [1.82, 2.24) is 34.3 Å². The molecule has 4 aromatic rings. The van der Waals surface area contributed by atoms with Gasteiger partial charge in [0.2, 0.25) is 21.9 Å². The molecule has 0 saturated heterocycles. The number of aromatic amines is 2. The molecule has 14 nitrogen and oxygen atoms in total. The summed E-state index contributed by atoms with van der Waals surface area (Å²) >= 11 is 0. The summed E-state index contributed by atoms with van der Waals surface area (Å²) < 4.78 is 30.0. The molecule has 3 aromatic heterocycles. The molecule has 0 bridgehead atoms. The van der Waals surface area contributed by atoms with Crippen molar-refractivity contribution >= 4 is 27.7 Å². The summed E-state index contributed by atoms with van der Waals surface area (Å²) in [6.07, 6.45) is 7.69. The zero-order chi connectivity index (χ0) is 27.9. The Morgan fingerprint density at radius 3 is 2.60 bits per heavy atom. The normalized spacial score (nSPS) is 20.6. The smallest absolute Gasteiger partial charge is 0.326 e. The van der Waals surface area contributed by atoms with Gasteiger partial charge in [-0.2, -0.15) is 24.8 Å². The fourth-order valence-electron chi connectivity index (χ4n) is 4.70. The van der Waals surface area contributed by atoms with E-state index in [0.29, 0.717) is 48.1 Å². The van der Waals surface area contributed by atoms with Crippen molar-refractivity contribution in [1.29, 1.82) is 5.26 Å². The van der Waals surface area contributed by atoms with Gasteiger partial charge < -0.3 is 15.4 Å². The lowest BCUT2D eigenvalue weighted by molar-refractivity contribution is 0.386. The first-order valence-electron chi connectivity index (χ1n) is 12.9. The molecule has 2 aliphatic carbocycles. The topological polar surface area (TPSA) is 206 Å². The van der Waals surface area contributed by atoms with E-state index in [1.165, 1.54) is 16.6 Å². The first-order valence-corrected chi connectivity index (χ1v) is 14.4. The lowest BCUT2D eigenvalue weighted by atomic mass is 9.92. The predicted octanol–water partition coefficient (Wildman–Crippen LogP) is 0.0304. The first-order chi connectivity index (χ1) is 19.3. The standard InChI is InChI=1S/C25H26N10O4S/c26-12-14-2-1-3-19(10-14)40(38,39)34-18-8-6-16(7-9-18)28-23-31-21-15(11-20-22(36)32-25(37)30-20)13-27-35(21)24(33-23)29-17-4-5-17/h1-3,10-11,13,16-18,34,36H,4-9H2,(H,28,29,33)(H2,30,32,37)/b15-11-. The third-order valence-electron chi connectivity index (χ3n) is 6.91. The predicted molar refractivity (Wildman–Crippen MR) is 142 cm³/mol. The average Bonchev–Trinajstić information content (AvgIpc) is 3.57. The van der Waals surface area contributed by atoms with Crippen LogP contribution in [-0.4, -0.2) is 61.2 Å². The molecule has 40 heavy (non-hydrogen) atoms. The van der Waals surface area contributed by atoms with Gasteiger partial charge in [0.1, 0.15) is 5.69 Å². The molecular weight excluding hydrogens is 536 g/mol.